The van der Waals surface area contributed by atoms with Crippen LogP contribution in [-0.2, 0) is 4.74 Å². The number of ether oxygens (including phenoxy) is 2. The van der Waals surface area contributed by atoms with Gasteiger partial charge in [0, 0.05) is 42.6 Å². The lowest BCUT2D eigenvalue weighted by Gasteiger charge is -2.15. The van der Waals surface area contributed by atoms with Gasteiger partial charge in [0.2, 0.25) is 5.88 Å². The predicted molar refractivity (Wildman–Crippen MR) is 115 cm³/mol. The fourth-order valence-electron chi connectivity index (χ4n) is 3.72. The van der Waals surface area contributed by atoms with Crippen molar-refractivity contribution < 1.29 is 23.0 Å². The summed E-state index contributed by atoms with van der Waals surface area (Å²) in [5.41, 5.74) is 1.92. The highest BCUT2D eigenvalue weighted by atomic mass is 19.2. The first-order chi connectivity index (χ1) is 16.0. The van der Waals surface area contributed by atoms with Crippen molar-refractivity contribution in [3.63, 3.8) is 0 Å². The van der Waals surface area contributed by atoms with Gasteiger partial charge >= 0.3 is 0 Å². The van der Waals surface area contributed by atoms with E-state index in [1.54, 1.807) is 18.5 Å². The first-order valence-corrected chi connectivity index (χ1v) is 10.3. The molecular formula is C23H19F2N5O3. The normalized spacial score (nSPS) is 15.7. The van der Waals surface area contributed by atoms with E-state index in [1.807, 2.05) is 12.1 Å². The van der Waals surface area contributed by atoms with Gasteiger partial charge in [0.1, 0.15) is 6.10 Å². The molecule has 1 aliphatic rings. The Hall–Kier alpha value is -3.92. The summed E-state index contributed by atoms with van der Waals surface area (Å²) in [6.07, 6.45) is 5.21. The molecule has 0 aliphatic carbocycles. The molecule has 1 aliphatic heterocycles. The Morgan fingerprint density at radius 1 is 1.21 bits per heavy atom. The number of hydrogen-bond donors (Lipinski definition) is 1. The number of amides is 1. The van der Waals surface area contributed by atoms with Crippen LogP contribution in [0, 0.1) is 11.6 Å². The smallest absolute Gasteiger partial charge is 0.251 e. The third-order valence-electron chi connectivity index (χ3n) is 5.41. The molecule has 1 unspecified atom stereocenters. The third kappa shape index (κ3) is 3.89. The van der Waals surface area contributed by atoms with Crippen molar-refractivity contribution in [3.8, 4) is 28.3 Å². The van der Waals surface area contributed by atoms with E-state index < -0.39 is 17.5 Å². The molecule has 1 amide bonds. The van der Waals surface area contributed by atoms with Crippen LogP contribution in [0.15, 0.2) is 48.9 Å². The average Bonchev–Trinajstić information content (AvgIpc) is 3.50. The van der Waals surface area contributed by atoms with Gasteiger partial charge in [0.15, 0.2) is 17.3 Å². The molecule has 1 fully saturated rings. The summed E-state index contributed by atoms with van der Waals surface area (Å²) >= 11 is 0. The molecule has 168 valence electrons. The number of carbonyl (C=O) groups excluding carboxylic acids is 1. The summed E-state index contributed by atoms with van der Waals surface area (Å²) in [5.74, 6) is -2.49. The van der Waals surface area contributed by atoms with E-state index >= 15 is 0 Å². The number of fused-ring (bicyclic) bond motifs is 1. The molecule has 0 saturated carbocycles. The van der Waals surface area contributed by atoms with Gasteiger partial charge in [0.05, 0.1) is 25.1 Å². The molecule has 3 aromatic heterocycles. The Balaban J connectivity index is 1.68. The van der Waals surface area contributed by atoms with Crippen molar-refractivity contribution in [1.82, 2.24) is 24.9 Å². The minimum atomic E-state index is -1.14. The summed E-state index contributed by atoms with van der Waals surface area (Å²) in [5, 5.41) is 6.99. The Morgan fingerprint density at radius 3 is 2.76 bits per heavy atom. The minimum absolute atomic E-state index is 0.0191. The average molecular weight is 451 g/mol. The van der Waals surface area contributed by atoms with E-state index in [-0.39, 0.29) is 22.9 Å². The number of nitrogens with zero attached hydrogens (tertiary/aromatic N) is 4. The lowest BCUT2D eigenvalue weighted by atomic mass is 10.1. The highest BCUT2D eigenvalue weighted by Gasteiger charge is 2.23. The van der Waals surface area contributed by atoms with Crippen LogP contribution in [0.4, 0.5) is 8.78 Å². The van der Waals surface area contributed by atoms with E-state index in [2.05, 4.69) is 20.4 Å². The highest BCUT2D eigenvalue weighted by Crippen LogP contribution is 2.33. The second kappa shape index (κ2) is 8.55. The SMILES string of the molecule is CNC(=O)c1cc(F)c(F)c(-c2cnc3cc(-c4ccncc4)c(OC4CCOC4)nn23)c1. The van der Waals surface area contributed by atoms with E-state index in [4.69, 9.17) is 9.47 Å². The molecular weight excluding hydrogens is 432 g/mol. The topological polar surface area (TPSA) is 90.6 Å². The fourth-order valence-corrected chi connectivity index (χ4v) is 3.72. The van der Waals surface area contributed by atoms with Gasteiger partial charge in [-0.15, -0.1) is 5.10 Å². The van der Waals surface area contributed by atoms with Crippen LogP contribution < -0.4 is 10.1 Å². The quantitative estimate of drug-likeness (QED) is 0.501. The summed E-state index contributed by atoms with van der Waals surface area (Å²) in [6.45, 7) is 1.02. The van der Waals surface area contributed by atoms with Crippen molar-refractivity contribution in [2.45, 2.75) is 12.5 Å². The van der Waals surface area contributed by atoms with Crippen LogP contribution in [-0.4, -0.2) is 51.9 Å². The number of benzene rings is 1. The van der Waals surface area contributed by atoms with Crippen molar-refractivity contribution in [1.29, 1.82) is 0 Å². The molecule has 1 aromatic carbocycles. The number of hydrogen-bond acceptors (Lipinski definition) is 6. The Labute approximate surface area is 187 Å². The fraction of sp³-hybridized carbons (Fsp3) is 0.217. The molecule has 1 atom stereocenters. The molecule has 8 nitrogen and oxygen atoms in total. The lowest BCUT2D eigenvalue weighted by Crippen LogP contribution is -2.18. The van der Waals surface area contributed by atoms with Crippen molar-refractivity contribution in [2.24, 2.45) is 0 Å². The maximum atomic E-state index is 14.8. The molecule has 0 radical (unpaired) electrons. The predicted octanol–water partition coefficient (Wildman–Crippen LogP) is 3.26. The number of nitrogens with one attached hydrogen (secondary N) is 1. The number of rotatable bonds is 5. The minimum Gasteiger partial charge on any atom is -0.470 e. The molecule has 0 bridgehead atoms. The summed E-state index contributed by atoms with van der Waals surface area (Å²) < 4.78 is 42.0. The number of aromatic nitrogens is 4. The van der Waals surface area contributed by atoms with E-state index in [1.165, 1.54) is 23.8 Å². The van der Waals surface area contributed by atoms with Crippen molar-refractivity contribution >= 4 is 11.6 Å². The maximum Gasteiger partial charge on any atom is 0.251 e. The van der Waals surface area contributed by atoms with Crippen molar-refractivity contribution in [3.05, 3.63) is 66.1 Å². The monoisotopic (exact) mass is 451 g/mol. The number of imidazole rings is 1. The molecule has 4 aromatic rings. The first kappa shape index (κ1) is 21.0. The zero-order valence-corrected chi connectivity index (χ0v) is 17.6. The molecule has 1 saturated heterocycles. The van der Waals surface area contributed by atoms with Crippen LogP contribution in [0.25, 0.3) is 28.0 Å². The van der Waals surface area contributed by atoms with Crippen LogP contribution in [0.5, 0.6) is 5.88 Å². The van der Waals surface area contributed by atoms with Gasteiger partial charge in [-0.1, -0.05) is 0 Å². The third-order valence-corrected chi connectivity index (χ3v) is 5.41. The van der Waals surface area contributed by atoms with Gasteiger partial charge in [-0.3, -0.25) is 9.78 Å². The van der Waals surface area contributed by atoms with Crippen LogP contribution in [0.2, 0.25) is 0 Å². The lowest BCUT2D eigenvalue weighted by molar-refractivity contribution is 0.0962. The van der Waals surface area contributed by atoms with Crippen LogP contribution in [0.1, 0.15) is 16.8 Å². The Morgan fingerprint density at radius 2 is 2.03 bits per heavy atom. The zero-order valence-electron chi connectivity index (χ0n) is 17.6. The summed E-state index contributed by atoms with van der Waals surface area (Å²) in [4.78, 5) is 20.4. The van der Waals surface area contributed by atoms with E-state index in [0.717, 1.165) is 11.6 Å². The maximum absolute atomic E-state index is 14.8. The molecule has 10 heteroatoms. The Kier molecular flexibility index (Phi) is 5.43. The van der Waals surface area contributed by atoms with E-state index in [0.29, 0.717) is 36.7 Å². The second-order valence-electron chi connectivity index (χ2n) is 7.51. The molecule has 5 rings (SSSR count). The van der Waals surface area contributed by atoms with Crippen LogP contribution >= 0.6 is 0 Å². The number of halogens is 2. The standard InChI is InChI=1S/C23H19F2N5O3/c1-26-22(31)14-8-17(21(25)18(24)9-14)19-11-28-20-10-16(13-2-5-27-6-3-13)23(29-30(19)20)33-15-4-7-32-12-15/h2-3,5-6,8-11,15H,4,7,12H2,1H3,(H,26,31). The van der Waals surface area contributed by atoms with Gasteiger partial charge in [-0.05, 0) is 35.9 Å². The summed E-state index contributed by atoms with van der Waals surface area (Å²) in [7, 11) is 1.41. The zero-order chi connectivity index (χ0) is 22.9. The van der Waals surface area contributed by atoms with Crippen LogP contribution in [0.3, 0.4) is 0 Å². The van der Waals surface area contributed by atoms with Gasteiger partial charge in [-0.2, -0.15) is 0 Å². The summed E-state index contributed by atoms with van der Waals surface area (Å²) in [6, 6.07) is 7.51. The van der Waals surface area contributed by atoms with Crippen molar-refractivity contribution in [2.75, 3.05) is 20.3 Å². The largest absolute Gasteiger partial charge is 0.470 e. The first-order valence-electron chi connectivity index (χ1n) is 10.3. The van der Waals surface area contributed by atoms with Gasteiger partial charge in [0.25, 0.3) is 5.91 Å². The van der Waals surface area contributed by atoms with E-state index in [9.17, 15) is 13.6 Å². The van der Waals surface area contributed by atoms with Gasteiger partial charge in [-0.25, -0.2) is 18.3 Å². The van der Waals surface area contributed by atoms with Gasteiger partial charge < -0.3 is 14.8 Å². The molecule has 4 heterocycles. The number of pyridine rings is 1. The highest BCUT2D eigenvalue weighted by molar-refractivity contribution is 5.95. The molecule has 1 N–H and O–H groups in total. The molecule has 0 spiro atoms. The second-order valence-corrected chi connectivity index (χ2v) is 7.51. The molecule has 33 heavy (non-hydrogen) atoms. The number of carbonyl (C=O) groups is 1. The Bertz CT molecular complexity index is 1340.